The van der Waals surface area contributed by atoms with Crippen molar-refractivity contribution < 1.29 is 9.72 Å². The van der Waals surface area contributed by atoms with E-state index in [-0.39, 0.29) is 22.6 Å². The standard InChI is InChI=1S/C26H33ClN4O3/c1-19-18-23(5-8-25(19)31(33)34)28-22-12-16-30(17-13-22)26(32)9-2-20-10-14-29(15-11-20)24-6-3-21(27)4-7-24/h3-8,18,20,22,28H,2,9-17H2,1H3. The first-order valence-electron chi connectivity index (χ1n) is 12.2. The zero-order chi connectivity index (χ0) is 24.1. The van der Waals surface area contributed by atoms with Crippen LogP contribution in [0.2, 0.25) is 5.02 Å². The number of likely N-dealkylation sites (tertiary alicyclic amines) is 1. The molecule has 2 aliphatic rings. The number of carbonyl (C=O) groups excluding carboxylic acids is 1. The number of rotatable bonds is 7. The fourth-order valence-electron chi connectivity index (χ4n) is 5.08. The van der Waals surface area contributed by atoms with Crippen molar-refractivity contribution in [1.29, 1.82) is 0 Å². The fourth-order valence-corrected chi connectivity index (χ4v) is 5.20. The van der Waals surface area contributed by atoms with Crippen LogP contribution in [-0.2, 0) is 4.79 Å². The van der Waals surface area contributed by atoms with Crippen molar-refractivity contribution in [3.63, 3.8) is 0 Å². The van der Waals surface area contributed by atoms with Crippen LogP contribution in [0.5, 0.6) is 0 Å². The molecule has 8 heteroatoms. The molecule has 2 aromatic carbocycles. The molecule has 2 aliphatic heterocycles. The topological polar surface area (TPSA) is 78.7 Å². The summed E-state index contributed by atoms with van der Waals surface area (Å²) in [6.45, 7) is 5.33. The molecule has 2 fully saturated rings. The van der Waals surface area contributed by atoms with E-state index in [9.17, 15) is 14.9 Å². The quantitative estimate of drug-likeness (QED) is 0.405. The van der Waals surface area contributed by atoms with Crippen LogP contribution < -0.4 is 10.2 Å². The number of carbonyl (C=O) groups is 1. The molecule has 0 aromatic heterocycles. The van der Waals surface area contributed by atoms with E-state index in [1.165, 1.54) is 5.69 Å². The molecular formula is C26H33ClN4O3. The smallest absolute Gasteiger partial charge is 0.272 e. The van der Waals surface area contributed by atoms with Gasteiger partial charge in [-0.1, -0.05) is 11.6 Å². The van der Waals surface area contributed by atoms with Gasteiger partial charge in [-0.05, 0) is 81.3 Å². The Hall–Kier alpha value is -2.80. The third-order valence-electron chi connectivity index (χ3n) is 7.18. The van der Waals surface area contributed by atoms with Crippen molar-refractivity contribution in [1.82, 2.24) is 4.90 Å². The maximum atomic E-state index is 12.8. The SMILES string of the molecule is Cc1cc(NC2CCN(C(=O)CCC3CCN(c4ccc(Cl)cc4)CC3)CC2)ccc1[N+](=O)[O-]. The first kappa shape index (κ1) is 24.3. The first-order chi connectivity index (χ1) is 16.4. The first-order valence-corrected chi connectivity index (χ1v) is 12.6. The summed E-state index contributed by atoms with van der Waals surface area (Å²) in [4.78, 5) is 27.8. The van der Waals surface area contributed by atoms with Crippen molar-refractivity contribution in [3.05, 3.63) is 63.2 Å². The maximum Gasteiger partial charge on any atom is 0.272 e. The fraction of sp³-hybridized carbons (Fsp3) is 0.500. The minimum absolute atomic E-state index is 0.140. The molecule has 7 nitrogen and oxygen atoms in total. The lowest BCUT2D eigenvalue weighted by atomic mass is 9.91. The van der Waals surface area contributed by atoms with E-state index >= 15 is 0 Å². The molecule has 0 saturated carbocycles. The van der Waals surface area contributed by atoms with Gasteiger partial charge < -0.3 is 15.1 Å². The second-order valence-electron chi connectivity index (χ2n) is 9.50. The molecule has 4 rings (SSSR count). The Kier molecular flexibility index (Phi) is 7.93. The highest BCUT2D eigenvalue weighted by atomic mass is 35.5. The zero-order valence-electron chi connectivity index (χ0n) is 19.7. The summed E-state index contributed by atoms with van der Waals surface area (Å²) in [5.41, 5.74) is 2.92. The summed E-state index contributed by atoms with van der Waals surface area (Å²) >= 11 is 5.99. The van der Waals surface area contributed by atoms with E-state index in [1.807, 2.05) is 23.1 Å². The average Bonchev–Trinajstić information content (AvgIpc) is 2.84. The Balaban J connectivity index is 1.16. The second kappa shape index (κ2) is 11.1. The van der Waals surface area contributed by atoms with Gasteiger partial charge in [-0.3, -0.25) is 14.9 Å². The Morgan fingerprint density at radius 2 is 1.74 bits per heavy atom. The number of nitro groups is 1. The highest BCUT2D eigenvalue weighted by molar-refractivity contribution is 6.30. The predicted octanol–water partition coefficient (Wildman–Crippen LogP) is 5.66. The number of piperidine rings is 2. The Labute approximate surface area is 206 Å². The van der Waals surface area contributed by atoms with Gasteiger partial charge in [0.15, 0.2) is 0 Å². The number of benzene rings is 2. The zero-order valence-corrected chi connectivity index (χ0v) is 20.5. The number of nitro benzene ring substituents is 1. The van der Waals surface area contributed by atoms with Gasteiger partial charge >= 0.3 is 0 Å². The lowest BCUT2D eigenvalue weighted by molar-refractivity contribution is -0.385. The molecule has 1 amide bonds. The molecule has 0 atom stereocenters. The number of hydrogen-bond acceptors (Lipinski definition) is 5. The lowest BCUT2D eigenvalue weighted by Gasteiger charge is -2.35. The van der Waals surface area contributed by atoms with Crippen LogP contribution in [0.4, 0.5) is 17.1 Å². The summed E-state index contributed by atoms with van der Waals surface area (Å²) in [7, 11) is 0. The monoisotopic (exact) mass is 484 g/mol. The molecule has 0 unspecified atom stereocenters. The molecule has 34 heavy (non-hydrogen) atoms. The van der Waals surface area contributed by atoms with E-state index in [2.05, 4.69) is 22.3 Å². The third-order valence-corrected chi connectivity index (χ3v) is 7.44. The van der Waals surface area contributed by atoms with E-state index in [0.717, 1.165) is 69.0 Å². The summed E-state index contributed by atoms with van der Waals surface area (Å²) < 4.78 is 0. The third kappa shape index (κ3) is 6.20. The van der Waals surface area contributed by atoms with Crippen molar-refractivity contribution in [2.45, 2.75) is 51.5 Å². The number of aryl methyl sites for hydroxylation is 1. The van der Waals surface area contributed by atoms with Gasteiger partial charge in [0.25, 0.3) is 5.69 Å². The van der Waals surface area contributed by atoms with Crippen molar-refractivity contribution in [3.8, 4) is 0 Å². The van der Waals surface area contributed by atoms with Gasteiger partial charge in [0.05, 0.1) is 4.92 Å². The van der Waals surface area contributed by atoms with E-state index in [0.29, 0.717) is 17.9 Å². The molecule has 2 heterocycles. The van der Waals surface area contributed by atoms with E-state index in [1.54, 1.807) is 19.1 Å². The van der Waals surface area contributed by atoms with Crippen LogP contribution in [0.1, 0.15) is 44.1 Å². The van der Waals surface area contributed by atoms with Gasteiger partial charge in [-0.2, -0.15) is 0 Å². The Morgan fingerprint density at radius 3 is 2.35 bits per heavy atom. The van der Waals surface area contributed by atoms with Gasteiger partial charge in [-0.15, -0.1) is 0 Å². The van der Waals surface area contributed by atoms with E-state index in [4.69, 9.17) is 11.6 Å². The molecular weight excluding hydrogens is 452 g/mol. The van der Waals surface area contributed by atoms with Crippen LogP contribution >= 0.6 is 11.6 Å². The number of amides is 1. The normalized spacial score (nSPS) is 17.6. The van der Waals surface area contributed by atoms with Crippen LogP contribution in [0.3, 0.4) is 0 Å². The molecule has 2 saturated heterocycles. The van der Waals surface area contributed by atoms with Crippen molar-refractivity contribution >= 4 is 34.6 Å². The Morgan fingerprint density at radius 1 is 1.06 bits per heavy atom. The summed E-state index contributed by atoms with van der Waals surface area (Å²) in [6.07, 6.45) is 5.62. The molecule has 0 bridgehead atoms. The van der Waals surface area contributed by atoms with Gasteiger partial charge in [-0.25, -0.2) is 0 Å². The molecule has 0 spiro atoms. The van der Waals surface area contributed by atoms with E-state index < -0.39 is 0 Å². The van der Waals surface area contributed by atoms with Crippen LogP contribution in [0.25, 0.3) is 0 Å². The molecule has 0 radical (unpaired) electrons. The van der Waals surface area contributed by atoms with Crippen LogP contribution in [0, 0.1) is 23.0 Å². The number of nitrogens with zero attached hydrogens (tertiary/aromatic N) is 3. The van der Waals surface area contributed by atoms with Gasteiger partial charge in [0.2, 0.25) is 5.91 Å². The minimum Gasteiger partial charge on any atom is -0.382 e. The highest BCUT2D eigenvalue weighted by Gasteiger charge is 2.25. The molecule has 182 valence electrons. The second-order valence-corrected chi connectivity index (χ2v) is 9.94. The van der Waals surface area contributed by atoms with Crippen molar-refractivity contribution in [2.75, 3.05) is 36.4 Å². The average molecular weight is 485 g/mol. The predicted molar refractivity (Wildman–Crippen MR) is 137 cm³/mol. The summed E-state index contributed by atoms with van der Waals surface area (Å²) in [6, 6.07) is 13.5. The number of hydrogen-bond donors (Lipinski definition) is 1. The summed E-state index contributed by atoms with van der Waals surface area (Å²) in [5.74, 6) is 0.877. The number of halogens is 1. The maximum absolute atomic E-state index is 12.8. The number of nitrogens with one attached hydrogen (secondary N) is 1. The molecule has 0 aliphatic carbocycles. The Bertz CT molecular complexity index is 998. The lowest BCUT2D eigenvalue weighted by Crippen LogP contribution is -2.42. The van der Waals surface area contributed by atoms with Gasteiger partial charge in [0.1, 0.15) is 0 Å². The molecule has 1 N–H and O–H groups in total. The molecule has 2 aromatic rings. The van der Waals surface area contributed by atoms with Gasteiger partial charge in [0, 0.05) is 66.7 Å². The van der Waals surface area contributed by atoms with Crippen LogP contribution in [-0.4, -0.2) is 48.0 Å². The largest absolute Gasteiger partial charge is 0.382 e. The summed E-state index contributed by atoms with van der Waals surface area (Å²) in [5, 5.41) is 15.2. The van der Waals surface area contributed by atoms with Crippen molar-refractivity contribution in [2.24, 2.45) is 5.92 Å². The van der Waals surface area contributed by atoms with Crippen LogP contribution in [0.15, 0.2) is 42.5 Å². The highest BCUT2D eigenvalue weighted by Crippen LogP contribution is 2.28. The minimum atomic E-state index is -0.355. The number of anilines is 2.